The predicted octanol–water partition coefficient (Wildman–Crippen LogP) is 1.53. The fourth-order valence-corrected chi connectivity index (χ4v) is 2.93. The SMILES string of the molecule is C[C@@H]1CCCN(C(=O)c2nc3c(o2)CCN(C)C3)C1. The molecule has 3 rings (SSSR count). The molecule has 0 aromatic carbocycles. The van der Waals surface area contributed by atoms with Crippen LogP contribution in [0, 0.1) is 5.92 Å². The summed E-state index contributed by atoms with van der Waals surface area (Å²) >= 11 is 0. The molecule has 104 valence electrons. The predicted molar refractivity (Wildman–Crippen MR) is 70.8 cm³/mol. The van der Waals surface area contributed by atoms with Crippen LogP contribution in [0.15, 0.2) is 4.42 Å². The minimum Gasteiger partial charge on any atom is -0.437 e. The van der Waals surface area contributed by atoms with E-state index in [4.69, 9.17) is 4.42 Å². The summed E-state index contributed by atoms with van der Waals surface area (Å²) in [6.45, 7) is 5.59. The fraction of sp³-hybridized carbons (Fsp3) is 0.714. The molecule has 1 aromatic rings. The van der Waals surface area contributed by atoms with E-state index in [1.807, 2.05) is 4.90 Å². The first-order valence-corrected chi connectivity index (χ1v) is 7.10. The van der Waals surface area contributed by atoms with Gasteiger partial charge < -0.3 is 9.32 Å². The lowest BCUT2D eigenvalue weighted by molar-refractivity contribution is 0.0641. The highest BCUT2D eigenvalue weighted by Gasteiger charge is 2.28. The van der Waals surface area contributed by atoms with Gasteiger partial charge in [0.15, 0.2) is 0 Å². The van der Waals surface area contributed by atoms with E-state index in [9.17, 15) is 4.79 Å². The van der Waals surface area contributed by atoms with E-state index in [0.717, 1.165) is 50.5 Å². The second kappa shape index (κ2) is 4.96. The van der Waals surface area contributed by atoms with Crippen molar-refractivity contribution in [3.05, 3.63) is 17.3 Å². The topological polar surface area (TPSA) is 49.6 Å². The summed E-state index contributed by atoms with van der Waals surface area (Å²) in [5.41, 5.74) is 0.933. The quantitative estimate of drug-likeness (QED) is 0.771. The average molecular weight is 263 g/mol. The van der Waals surface area contributed by atoms with Crippen LogP contribution in [0.1, 0.15) is 41.9 Å². The van der Waals surface area contributed by atoms with Gasteiger partial charge in [0.25, 0.3) is 5.89 Å². The Morgan fingerprint density at radius 3 is 3.05 bits per heavy atom. The van der Waals surface area contributed by atoms with Crippen molar-refractivity contribution in [1.29, 1.82) is 0 Å². The minimum atomic E-state index is -0.0383. The molecule has 19 heavy (non-hydrogen) atoms. The van der Waals surface area contributed by atoms with E-state index in [0.29, 0.717) is 5.92 Å². The summed E-state index contributed by atoms with van der Waals surface area (Å²) < 4.78 is 5.68. The van der Waals surface area contributed by atoms with Gasteiger partial charge in [-0.25, -0.2) is 4.98 Å². The van der Waals surface area contributed by atoms with E-state index in [-0.39, 0.29) is 11.8 Å². The molecule has 1 fully saturated rings. The molecular formula is C14H21N3O2. The second-order valence-corrected chi connectivity index (χ2v) is 5.88. The number of piperidine rings is 1. The molecule has 1 amide bonds. The summed E-state index contributed by atoms with van der Waals surface area (Å²) in [6, 6.07) is 0. The number of rotatable bonds is 1. The van der Waals surface area contributed by atoms with Crippen molar-refractivity contribution in [2.24, 2.45) is 5.92 Å². The van der Waals surface area contributed by atoms with Gasteiger partial charge in [0.05, 0.1) is 5.69 Å². The van der Waals surface area contributed by atoms with Gasteiger partial charge in [0, 0.05) is 32.6 Å². The Morgan fingerprint density at radius 1 is 1.42 bits per heavy atom. The van der Waals surface area contributed by atoms with Crippen LogP contribution in [0.5, 0.6) is 0 Å². The molecule has 0 aliphatic carbocycles. The van der Waals surface area contributed by atoms with Crippen LogP contribution >= 0.6 is 0 Å². The molecule has 0 spiro atoms. The monoisotopic (exact) mass is 263 g/mol. The van der Waals surface area contributed by atoms with Crippen molar-refractivity contribution < 1.29 is 9.21 Å². The smallest absolute Gasteiger partial charge is 0.309 e. The molecule has 1 aromatic heterocycles. The van der Waals surface area contributed by atoms with Gasteiger partial charge in [0.2, 0.25) is 0 Å². The number of carbonyl (C=O) groups is 1. The van der Waals surface area contributed by atoms with Gasteiger partial charge in [-0.2, -0.15) is 0 Å². The maximum absolute atomic E-state index is 12.4. The van der Waals surface area contributed by atoms with Crippen molar-refractivity contribution in [1.82, 2.24) is 14.8 Å². The van der Waals surface area contributed by atoms with Gasteiger partial charge in [-0.05, 0) is 25.8 Å². The molecule has 1 atom stereocenters. The Bertz CT molecular complexity index is 483. The normalized spacial score (nSPS) is 24.3. The summed E-state index contributed by atoms with van der Waals surface area (Å²) in [5, 5.41) is 0. The molecule has 0 unspecified atom stereocenters. The van der Waals surface area contributed by atoms with Crippen molar-refractivity contribution in [3.63, 3.8) is 0 Å². The Balaban J connectivity index is 1.77. The van der Waals surface area contributed by atoms with E-state index in [1.165, 1.54) is 6.42 Å². The Hall–Kier alpha value is -1.36. The summed E-state index contributed by atoms with van der Waals surface area (Å²) in [4.78, 5) is 20.9. The molecule has 5 heteroatoms. The molecule has 0 N–H and O–H groups in total. The molecule has 0 bridgehead atoms. The average Bonchev–Trinajstić information content (AvgIpc) is 2.80. The Labute approximate surface area is 113 Å². The number of likely N-dealkylation sites (N-methyl/N-ethyl adjacent to an activating group) is 1. The number of aromatic nitrogens is 1. The molecule has 0 radical (unpaired) electrons. The third-order valence-corrected chi connectivity index (χ3v) is 4.05. The van der Waals surface area contributed by atoms with Crippen LogP contribution in [0.25, 0.3) is 0 Å². The van der Waals surface area contributed by atoms with E-state index in [2.05, 4.69) is 23.9 Å². The number of amides is 1. The highest BCUT2D eigenvalue weighted by molar-refractivity contribution is 5.89. The zero-order valence-electron chi connectivity index (χ0n) is 11.7. The van der Waals surface area contributed by atoms with E-state index < -0.39 is 0 Å². The van der Waals surface area contributed by atoms with E-state index >= 15 is 0 Å². The molecule has 3 heterocycles. The van der Waals surface area contributed by atoms with Crippen molar-refractivity contribution in [2.45, 2.75) is 32.7 Å². The number of hydrogen-bond acceptors (Lipinski definition) is 4. The van der Waals surface area contributed by atoms with Crippen LogP contribution in [-0.2, 0) is 13.0 Å². The number of carbonyl (C=O) groups excluding carboxylic acids is 1. The summed E-state index contributed by atoms with van der Waals surface area (Å²) in [5.74, 6) is 1.72. The van der Waals surface area contributed by atoms with Crippen molar-refractivity contribution >= 4 is 5.91 Å². The zero-order valence-corrected chi connectivity index (χ0v) is 11.7. The van der Waals surface area contributed by atoms with Gasteiger partial charge in [0.1, 0.15) is 5.76 Å². The van der Waals surface area contributed by atoms with Gasteiger partial charge >= 0.3 is 5.91 Å². The van der Waals surface area contributed by atoms with Crippen LogP contribution in [-0.4, -0.2) is 47.4 Å². The van der Waals surface area contributed by atoms with Gasteiger partial charge in [-0.1, -0.05) is 6.92 Å². The minimum absolute atomic E-state index is 0.0383. The molecule has 5 nitrogen and oxygen atoms in total. The molecule has 0 saturated carbocycles. The van der Waals surface area contributed by atoms with Gasteiger partial charge in [-0.3, -0.25) is 9.69 Å². The van der Waals surface area contributed by atoms with E-state index in [1.54, 1.807) is 0 Å². The number of hydrogen-bond donors (Lipinski definition) is 0. The first kappa shape index (κ1) is 12.7. The highest BCUT2D eigenvalue weighted by atomic mass is 16.4. The molecular weight excluding hydrogens is 242 g/mol. The standard InChI is InChI=1S/C14H21N3O2/c1-10-4-3-6-17(8-10)14(18)13-15-11-9-16(2)7-5-12(11)19-13/h10H,3-9H2,1-2H3/t10-/m1/s1. The number of nitrogens with zero attached hydrogens (tertiary/aromatic N) is 3. The zero-order chi connectivity index (χ0) is 13.4. The third-order valence-electron chi connectivity index (χ3n) is 4.05. The van der Waals surface area contributed by atoms with Crippen LogP contribution in [0.2, 0.25) is 0 Å². The summed E-state index contributed by atoms with van der Waals surface area (Å²) in [6.07, 6.45) is 3.13. The lowest BCUT2D eigenvalue weighted by atomic mass is 10.0. The third kappa shape index (κ3) is 2.52. The van der Waals surface area contributed by atoms with Crippen LogP contribution in [0.4, 0.5) is 0 Å². The summed E-state index contributed by atoms with van der Waals surface area (Å²) in [7, 11) is 2.06. The maximum Gasteiger partial charge on any atom is 0.309 e. The van der Waals surface area contributed by atoms with Crippen molar-refractivity contribution in [2.75, 3.05) is 26.7 Å². The lowest BCUT2D eigenvalue weighted by Crippen LogP contribution is -2.39. The number of fused-ring (bicyclic) bond motifs is 1. The van der Waals surface area contributed by atoms with Crippen LogP contribution in [0.3, 0.4) is 0 Å². The number of oxazole rings is 1. The first-order valence-electron chi connectivity index (χ1n) is 7.10. The molecule has 2 aliphatic heterocycles. The Morgan fingerprint density at radius 2 is 2.26 bits per heavy atom. The molecule has 2 aliphatic rings. The fourth-order valence-electron chi connectivity index (χ4n) is 2.93. The largest absolute Gasteiger partial charge is 0.437 e. The highest BCUT2D eigenvalue weighted by Crippen LogP contribution is 2.22. The lowest BCUT2D eigenvalue weighted by Gasteiger charge is -2.29. The molecule has 1 saturated heterocycles. The van der Waals surface area contributed by atoms with Crippen molar-refractivity contribution in [3.8, 4) is 0 Å². The second-order valence-electron chi connectivity index (χ2n) is 5.88. The van der Waals surface area contributed by atoms with Crippen LogP contribution < -0.4 is 0 Å². The maximum atomic E-state index is 12.4. The first-order chi connectivity index (χ1) is 9.13. The Kier molecular flexibility index (Phi) is 3.31. The number of likely N-dealkylation sites (tertiary alicyclic amines) is 1. The van der Waals surface area contributed by atoms with Gasteiger partial charge in [-0.15, -0.1) is 0 Å².